The average Bonchev–Trinajstić information content (AvgIpc) is 3.64. The van der Waals surface area contributed by atoms with Gasteiger partial charge < -0.3 is 19.1 Å². The number of anilines is 4. The summed E-state index contributed by atoms with van der Waals surface area (Å²) in [5.41, 5.74) is 9.69. The van der Waals surface area contributed by atoms with Crippen LogP contribution in [-0.2, 0) is 33.1 Å². The zero-order chi connectivity index (χ0) is 31.3. The van der Waals surface area contributed by atoms with Crippen LogP contribution in [0.2, 0.25) is 0 Å². The molecule has 0 aliphatic carbocycles. The maximum Gasteiger partial charge on any atom is 4.00 e. The first-order chi connectivity index (χ1) is 22.4. The molecule has 0 bridgehead atoms. The molecule has 6 aromatic carbocycles. The van der Waals surface area contributed by atoms with Gasteiger partial charge in [-0.1, -0.05) is 80.5 Å². The summed E-state index contributed by atoms with van der Waals surface area (Å²) in [6.07, 6.45) is 0. The molecule has 1 aliphatic rings. The van der Waals surface area contributed by atoms with Gasteiger partial charge >= 0.3 is 21.1 Å². The maximum absolute atomic E-state index is 6.37. The van der Waals surface area contributed by atoms with Gasteiger partial charge in [-0.05, 0) is 41.1 Å². The SMILES string of the molecule is CC(C)(C)c1cc[c-]c(-n2c3[c-]c(COc4[c-]c(N5[CH-]N(c6ccccc6)c6ccccc65)ccc4)ccc3c3ccccc32)c1.[Pt+4]. The number of ether oxygens (including phenoxy) is 1. The van der Waals surface area contributed by atoms with Crippen LogP contribution < -0.4 is 14.5 Å². The molecule has 0 atom stereocenters. The van der Waals surface area contributed by atoms with Gasteiger partial charge in [-0.25, -0.2) is 0 Å². The Labute approximate surface area is 291 Å². The molecule has 0 radical (unpaired) electrons. The van der Waals surface area contributed by atoms with Crippen LogP contribution in [0.25, 0.3) is 27.5 Å². The van der Waals surface area contributed by atoms with Crippen LogP contribution in [0.4, 0.5) is 22.7 Å². The molecule has 0 saturated carbocycles. The number of rotatable bonds is 6. The van der Waals surface area contributed by atoms with Crippen molar-refractivity contribution in [2.24, 2.45) is 0 Å². The minimum atomic E-state index is 0. The van der Waals surface area contributed by atoms with Crippen molar-refractivity contribution in [3.63, 3.8) is 0 Å². The van der Waals surface area contributed by atoms with Crippen LogP contribution in [0.5, 0.6) is 5.75 Å². The normalized spacial score (nSPS) is 12.7. The number of benzene rings is 6. The molecule has 0 unspecified atom stereocenters. The van der Waals surface area contributed by atoms with Crippen LogP contribution in [0, 0.1) is 24.9 Å². The summed E-state index contributed by atoms with van der Waals surface area (Å²) in [5.74, 6) is 0.682. The Morgan fingerprint density at radius 2 is 1.43 bits per heavy atom. The predicted molar refractivity (Wildman–Crippen MR) is 188 cm³/mol. The number of aromatic nitrogens is 1. The Morgan fingerprint density at radius 1 is 0.681 bits per heavy atom. The number of nitrogens with zero attached hydrogens (tertiary/aromatic N) is 3. The van der Waals surface area contributed by atoms with E-state index in [1.807, 2.05) is 24.3 Å². The van der Waals surface area contributed by atoms with E-state index < -0.39 is 0 Å². The van der Waals surface area contributed by atoms with Crippen molar-refractivity contribution >= 4 is 44.6 Å². The zero-order valence-electron chi connectivity index (χ0n) is 26.5. The summed E-state index contributed by atoms with van der Waals surface area (Å²) in [4.78, 5) is 4.36. The summed E-state index contributed by atoms with van der Waals surface area (Å²) in [5, 5.41) is 2.36. The Balaban J connectivity index is 0.00000351. The predicted octanol–water partition coefficient (Wildman–Crippen LogP) is 10.5. The molecule has 0 N–H and O–H groups in total. The van der Waals surface area contributed by atoms with E-state index in [0.29, 0.717) is 12.4 Å². The Morgan fingerprint density at radius 3 is 2.23 bits per heavy atom. The van der Waals surface area contributed by atoms with Gasteiger partial charge in [0.2, 0.25) is 0 Å². The van der Waals surface area contributed by atoms with Crippen molar-refractivity contribution < 1.29 is 25.8 Å². The van der Waals surface area contributed by atoms with Gasteiger partial charge in [0.1, 0.15) is 0 Å². The second kappa shape index (κ2) is 12.4. The summed E-state index contributed by atoms with van der Waals surface area (Å²) in [6, 6.07) is 54.8. The first-order valence-electron chi connectivity index (χ1n) is 15.6. The fourth-order valence-electron chi connectivity index (χ4n) is 6.23. The van der Waals surface area contributed by atoms with Crippen LogP contribution in [0.3, 0.4) is 0 Å². The van der Waals surface area contributed by atoms with E-state index >= 15 is 0 Å². The third kappa shape index (κ3) is 5.72. The quantitative estimate of drug-likeness (QED) is 0.157. The van der Waals surface area contributed by atoms with Gasteiger partial charge in [0.25, 0.3) is 0 Å². The fourth-order valence-corrected chi connectivity index (χ4v) is 6.23. The third-order valence-corrected chi connectivity index (χ3v) is 8.60. The number of hydrogen-bond acceptors (Lipinski definition) is 3. The van der Waals surface area contributed by atoms with Crippen molar-refractivity contribution in [1.82, 2.24) is 4.57 Å². The van der Waals surface area contributed by atoms with Crippen LogP contribution >= 0.6 is 0 Å². The maximum atomic E-state index is 6.37. The second-order valence-electron chi connectivity index (χ2n) is 12.7. The molecule has 0 fully saturated rings. The minimum Gasteiger partial charge on any atom is -0.517 e. The Bertz CT molecular complexity index is 2200. The molecule has 0 amide bonds. The van der Waals surface area contributed by atoms with E-state index in [0.717, 1.165) is 50.4 Å². The first kappa shape index (κ1) is 30.8. The molecule has 4 nitrogen and oxygen atoms in total. The van der Waals surface area contributed by atoms with Gasteiger partial charge in [0.15, 0.2) is 0 Å². The van der Waals surface area contributed by atoms with Gasteiger partial charge in [0, 0.05) is 28.3 Å². The number of para-hydroxylation sites is 4. The monoisotopic (exact) mass is 790 g/mol. The van der Waals surface area contributed by atoms with Gasteiger partial charge in [-0.3, -0.25) is 0 Å². The van der Waals surface area contributed by atoms with Crippen molar-refractivity contribution in [2.75, 3.05) is 9.80 Å². The Kier molecular flexibility index (Phi) is 8.16. The van der Waals surface area contributed by atoms with E-state index in [4.69, 9.17) is 4.74 Å². The van der Waals surface area contributed by atoms with Gasteiger partial charge in [-0.2, -0.15) is 48.0 Å². The molecule has 232 valence electrons. The van der Waals surface area contributed by atoms with E-state index in [2.05, 4.69) is 163 Å². The molecular weight excluding hydrogens is 758 g/mol. The third-order valence-electron chi connectivity index (χ3n) is 8.60. The van der Waals surface area contributed by atoms with Crippen molar-refractivity contribution in [3.05, 3.63) is 163 Å². The zero-order valence-corrected chi connectivity index (χ0v) is 28.7. The van der Waals surface area contributed by atoms with Crippen molar-refractivity contribution in [1.29, 1.82) is 0 Å². The average molecular weight is 791 g/mol. The molecule has 8 rings (SSSR count). The largest absolute Gasteiger partial charge is 4.00 e. The van der Waals surface area contributed by atoms with E-state index in [-0.39, 0.29) is 26.5 Å². The van der Waals surface area contributed by atoms with E-state index in [1.165, 1.54) is 10.9 Å². The topological polar surface area (TPSA) is 20.6 Å². The molecule has 0 saturated heterocycles. The molecule has 2 heterocycles. The summed E-state index contributed by atoms with van der Waals surface area (Å²) < 4.78 is 8.64. The summed E-state index contributed by atoms with van der Waals surface area (Å²) in [6.45, 7) is 9.21. The van der Waals surface area contributed by atoms with E-state index in [9.17, 15) is 0 Å². The van der Waals surface area contributed by atoms with Crippen molar-refractivity contribution in [2.45, 2.75) is 32.8 Å². The molecule has 47 heavy (non-hydrogen) atoms. The smallest absolute Gasteiger partial charge is 0.517 e. The van der Waals surface area contributed by atoms with Gasteiger partial charge in [-0.15, -0.1) is 47.6 Å². The van der Waals surface area contributed by atoms with Crippen LogP contribution in [0.1, 0.15) is 31.9 Å². The molecule has 1 aromatic heterocycles. The molecule has 7 aromatic rings. The molecule has 1 aliphatic heterocycles. The fraction of sp³-hybridized carbons (Fsp3) is 0.119. The molecular formula is C42H33N3OPt. The second-order valence-corrected chi connectivity index (χ2v) is 12.7. The van der Waals surface area contributed by atoms with Gasteiger partial charge in [0.05, 0.1) is 6.61 Å². The van der Waals surface area contributed by atoms with Crippen molar-refractivity contribution in [3.8, 4) is 11.4 Å². The number of hydrogen-bond donors (Lipinski definition) is 0. The van der Waals surface area contributed by atoms with Crippen LogP contribution in [0.15, 0.2) is 127 Å². The number of fused-ring (bicyclic) bond motifs is 4. The molecule has 5 heteroatoms. The minimum absolute atomic E-state index is 0. The van der Waals surface area contributed by atoms with Crippen LogP contribution in [-0.4, -0.2) is 4.57 Å². The molecule has 0 spiro atoms. The Hall–Kier alpha value is -4.79. The van der Waals surface area contributed by atoms with E-state index in [1.54, 1.807) is 0 Å². The first-order valence-corrected chi connectivity index (χ1v) is 15.6. The summed E-state index contributed by atoms with van der Waals surface area (Å²) in [7, 11) is 0. The standard InChI is InChI=1S/C42H33N3O.Pt/c1-42(2,3)31-13-11-17-34(26-31)45-38-20-8-7-19-36(38)37-24-23-30(25-41(37)45)28-46-35-18-12-16-33(27-35)44-29-43(32-14-5-4-6-15-32)39-21-9-10-22-40(39)44;/h4-16,18-24,26,29H,28H2,1-3H3;/q-4;+4. The summed E-state index contributed by atoms with van der Waals surface area (Å²) >= 11 is 0.